The molecule has 0 bridgehead atoms. The van der Waals surface area contributed by atoms with Crippen LogP contribution in [0, 0.1) is 0 Å². The second kappa shape index (κ2) is 7.33. The Balaban J connectivity index is 2.29. The molecule has 0 aromatic carbocycles. The first-order valence-electron chi connectivity index (χ1n) is 6.80. The van der Waals surface area contributed by atoms with E-state index in [1.54, 1.807) is 19.0 Å². The summed E-state index contributed by atoms with van der Waals surface area (Å²) in [4.78, 5) is 28.0. The van der Waals surface area contributed by atoms with Gasteiger partial charge in [-0.05, 0) is 32.9 Å². The summed E-state index contributed by atoms with van der Waals surface area (Å²) in [6, 6.07) is 0.534. The maximum absolute atomic E-state index is 11.8. The molecular formula is C13H25N3O3. The average Bonchev–Trinajstić information content (AvgIpc) is 2.37. The molecule has 0 radical (unpaired) electrons. The molecular weight excluding hydrogens is 246 g/mol. The maximum atomic E-state index is 11.8. The molecule has 0 aliphatic carbocycles. The summed E-state index contributed by atoms with van der Waals surface area (Å²) < 4.78 is 0. The number of nitrogens with zero attached hydrogens (tertiary/aromatic N) is 3. The molecule has 1 aliphatic heterocycles. The van der Waals surface area contributed by atoms with Crippen LogP contribution in [0.5, 0.6) is 0 Å². The topological polar surface area (TPSA) is 64.1 Å². The Morgan fingerprint density at radius 3 is 2.26 bits per heavy atom. The lowest BCUT2D eigenvalue weighted by atomic mass is 10.0. The number of carboxylic acid groups (broad SMARTS) is 1. The van der Waals surface area contributed by atoms with Gasteiger partial charge in [0.15, 0.2) is 0 Å². The number of rotatable bonds is 5. The highest BCUT2D eigenvalue weighted by Gasteiger charge is 2.25. The van der Waals surface area contributed by atoms with E-state index in [-0.39, 0.29) is 12.5 Å². The fourth-order valence-electron chi connectivity index (χ4n) is 2.44. The molecule has 0 aromatic heterocycles. The van der Waals surface area contributed by atoms with E-state index < -0.39 is 5.97 Å². The summed E-state index contributed by atoms with van der Waals surface area (Å²) in [5.41, 5.74) is 0. The first-order valence-corrected chi connectivity index (χ1v) is 6.80. The molecule has 1 rings (SSSR count). The van der Waals surface area contributed by atoms with Crippen LogP contribution in [0.2, 0.25) is 0 Å². The average molecular weight is 271 g/mol. The standard InChI is InChI=1S/C13H25N3O3/c1-14(2)13(19)16-9-6-11(7-10-16)15(3)8-4-5-12(17)18/h11H,4-10H2,1-3H3,(H,17,18). The zero-order valence-electron chi connectivity index (χ0n) is 12.1. The molecule has 1 saturated heterocycles. The molecule has 1 heterocycles. The number of amides is 2. The van der Waals surface area contributed by atoms with Crippen molar-refractivity contribution in [3.05, 3.63) is 0 Å². The molecule has 0 unspecified atom stereocenters. The molecule has 2 amide bonds. The number of likely N-dealkylation sites (tertiary alicyclic amines) is 1. The van der Waals surface area contributed by atoms with E-state index in [0.29, 0.717) is 12.5 Å². The number of hydrogen-bond acceptors (Lipinski definition) is 3. The Bertz CT molecular complexity index is 312. The van der Waals surface area contributed by atoms with Gasteiger partial charge in [0.05, 0.1) is 0 Å². The number of carbonyl (C=O) groups excluding carboxylic acids is 1. The Kier molecular flexibility index (Phi) is 6.08. The summed E-state index contributed by atoms with van der Waals surface area (Å²) in [5, 5.41) is 8.62. The van der Waals surface area contributed by atoms with Crippen molar-refractivity contribution >= 4 is 12.0 Å². The molecule has 6 heteroatoms. The molecule has 1 fully saturated rings. The predicted molar refractivity (Wildman–Crippen MR) is 73.2 cm³/mol. The van der Waals surface area contributed by atoms with Crippen molar-refractivity contribution in [2.75, 3.05) is 40.8 Å². The lowest BCUT2D eigenvalue weighted by Gasteiger charge is -2.37. The first kappa shape index (κ1) is 15.8. The third kappa shape index (κ3) is 5.06. The van der Waals surface area contributed by atoms with Crippen LogP contribution in [-0.4, -0.2) is 78.6 Å². The van der Waals surface area contributed by atoms with E-state index in [0.717, 1.165) is 32.5 Å². The van der Waals surface area contributed by atoms with Crippen molar-refractivity contribution in [2.24, 2.45) is 0 Å². The molecule has 1 aliphatic rings. The van der Waals surface area contributed by atoms with Gasteiger partial charge in [-0.1, -0.05) is 0 Å². The van der Waals surface area contributed by atoms with Crippen molar-refractivity contribution in [1.82, 2.24) is 14.7 Å². The molecule has 1 N–H and O–H groups in total. The second-order valence-corrected chi connectivity index (χ2v) is 5.37. The van der Waals surface area contributed by atoms with Crippen LogP contribution in [0.4, 0.5) is 4.79 Å². The van der Waals surface area contributed by atoms with E-state index in [9.17, 15) is 9.59 Å². The second-order valence-electron chi connectivity index (χ2n) is 5.37. The van der Waals surface area contributed by atoms with Gasteiger partial charge >= 0.3 is 12.0 Å². The van der Waals surface area contributed by atoms with E-state index >= 15 is 0 Å². The Morgan fingerprint density at radius 1 is 1.21 bits per heavy atom. The van der Waals surface area contributed by atoms with Gasteiger partial charge in [0.2, 0.25) is 0 Å². The zero-order chi connectivity index (χ0) is 14.4. The minimum atomic E-state index is -0.736. The summed E-state index contributed by atoms with van der Waals surface area (Å²) in [5.74, 6) is -0.736. The number of piperidine rings is 1. The number of carbonyl (C=O) groups is 2. The van der Waals surface area contributed by atoms with Gasteiger partial charge in [0.1, 0.15) is 0 Å². The SMILES string of the molecule is CN(C)C(=O)N1CCC(N(C)CCCC(=O)O)CC1. The van der Waals surface area contributed by atoms with Gasteiger partial charge in [0, 0.05) is 39.6 Å². The fourth-order valence-corrected chi connectivity index (χ4v) is 2.44. The minimum absolute atomic E-state index is 0.0759. The quantitative estimate of drug-likeness (QED) is 0.808. The Labute approximate surface area is 115 Å². The van der Waals surface area contributed by atoms with E-state index in [1.807, 2.05) is 11.9 Å². The predicted octanol–water partition coefficient (Wildman–Crippen LogP) is 0.929. The Morgan fingerprint density at radius 2 is 1.79 bits per heavy atom. The van der Waals surface area contributed by atoms with E-state index in [1.165, 1.54) is 0 Å². The highest BCUT2D eigenvalue weighted by Crippen LogP contribution is 2.16. The van der Waals surface area contributed by atoms with Crippen LogP contribution in [0.25, 0.3) is 0 Å². The number of aliphatic carboxylic acids is 1. The molecule has 0 spiro atoms. The molecule has 19 heavy (non-hydrogen) atoms. The molecule has 0 saturated carbocycles. The molecule has 0 atom stereocenters. The molecule has 6 nitrogen and oxygen atoms in total. The zero-order valence-corrected chi connectivity index (χ0v) is 12.1. The van der Waals surface area contributed by atoms with Crippen LogP contribution < -0.4 is 0 Å². The normalized spacial score (nSPS) is 16.7. The largest absolute Gasteiger partial charge is 0.481 e. The number of urea groups is 1. The minimum Gasteiger partial charge on any atom is -0.481 e. The van der Waals surface area contributed by atoms with Crippen LogP contribution in [0.1, 0.15) is 25.7 Å². The van der Waals surface area contributed by atoms with Crippen molar-refractivity contribution in [2.45, 2.75) is 31.7 Å². The van der Waals surface area contributed by atoms with Crippen LogP contribution in [0.15, 0.2) is 0 Å². The van der Waals surface area contributed by atoms with E-state index in [4.69, 9.17) is 5.11 Å². The summed E-state index contributed by atoms with van der Waals surface area (Å²) >= 11 is 0. The summed E-state index contributed by atoms with van der Waals surface area (Å²) in [7, 11) is 5.58. The smallest absolute Gasteiger partial charge is 0.319 e. The van der Waals surface area contributed by atoms with Gasteiger partial charge in [-0.3, -0.25) is 4.79 Å². The summed E-state index contributed by atoms with van der Waals surface area (Å²) in [6.45, 7) is 2.37. The van der Waals surface area contributed by atoms with Crippen molar-refractivity contribution in [3.8, 4) is 0 Å². The van der Waals surface area contributed by atoms with Crippen molar-refractivity contribution in [3.63, 3.8) is 0 Å². The number of carboxylic acids is 1. The molecule has 0 aromatic rings. The van der Waals surface area contributed by atoms with E-state index in [2.05, 4.69) is 4.90 Å². The van der Waals surface area contributed by atoms with Crippen LogP contribution >= 0.6 is 0 Å². The Hall–Kier alpha value is -1.30. The first-order chi connectivity index (χ1) is 8.91. The lowest BCUT2D eigenvalue weighted by Crippen LogP contribution is -2.48. The van der Waals surface area contributed by atoms with Crippen molar-refractivity contribution < 1.29 is 14.7 Å². The van der Waals surface area contributed by atoms with Crippen LogP contribution in [-0.2, 0) is 4.79 Å². The lowest BCUT2D eigenvalue weighted by molar-refractivity contribution is -0.137. The molecule has 110 valence electrons. The third-order valence-electron chi connectivity index (χ3n) is 3.64. The van der Waals surface area contributed by atoms with Gasteiger partial charge in [0.25, 0.3) is 0 Å². The monoisotopic (exact) mass is 271 g/mol. The van der Waals surface area contributed by atoms with Gasteiger partial charge < -0.3 is 19.8 Å². The van der Waals surface area contributed by atoms with Gasteiger partial charge in [-0.2, -0.15) is 0 Å². The van der Waals surface area contributed by atoms with Crippen LogP contribution in [0.3, 0.4) is 0 Å². The van der Waals surface area contributed by atoms with Gasteiger partial charge in [-0.25, -0.2) is 4.79 Å². The summed E-state index contributed by atoms with van der Waals surface area (Å²) in [6.07, 6.45) is 2.83. The number of hydrogen-bond donors (Lipinski definition) is 1. The fraction of sp³-hybridized carbons (Fsp3) is 0.846. The van der Waals surface area contributed by atoms with Gasteiger partial charge in [-0.15, -0.1) is 0 Å². The third-order valence-corrected chi connectivity index (χ3v) is 3.64. The maximum Gasteiger partial charge on any atom is 0.319 e. The van der Waals surface area contributed by atoms with Crippen molar-refractivity contribution in [1.29, 1.82) is 0 Å². The highest BCUT2D eigenvalue weighted by molar-refractivity contribution is 5.73. The highest BCUT2D eigenvalue weighted by atomic mass is 16.4.